The van der Waals surface area contributed by atoms with Crippen molar-refractivity contribution in [3.63, 3.8) is 0 Å². The molecule has 4 nitrogen and oxygen atoms in total. The second-order valence-electron chi connectivity index (χ2n) is 3.27. The highest BCUT2D eigenvalue weighted by Gasteiger charge is 2.15. The van der Waals surface area contributed by atoms with Gasteiger partial charge in [-0.05, 0) is 13.8 Å². The van der Waals surface area contributed by atoms with Crippen molar-refractivity contribution >= 4 is 0 Å². The fraction of sp³-hybridized carbons (Fsp3) is 1.00. The van der Waals surface area contributed by atoms with E-state index in [4.69, 9.17) is 18.9 Å². The summed E-state index contributed by atoms with van der Waals surface area (Å²) in [5.74, 6) is 0. The van der Waals surface area contributed by atoms with Crippen molar-refractivity contribution < 1.29 is 18.9 Å². The van der Waals surface area contributed by atoms with Crippen molar-refractivity contribution in [2.75, 3.05) is 33.2 Å². The van der Waals surface area contributed by atoms with Gasteiger partial charge in [0.25, 0.3) is 0 Å². The molecule has 1 unspecified atom stereocenters. The van der Waals surface area contributed by atoms with Gasteiger partial charge in [0.15, 0.2) is 0 Å². The summed E-state index contributed by atoms with van der Waals surface area (Å²) < 4.78 is 20.9. The molecule has 1 aliphatic rings. The highest BCUT2D eigenvalue weighted by atomic mass is 16.7. The Balaban J connectivity index is 1.83. The molecule has 0 aromatic carbocycles. The molecule has 13 heavy (non-hydrogen) atoms. The van der Waals surface area contributed by atoms with Gasteiger partial charge in [-0.3, -0.25) is 0 Å². The maximum atomic E-state index is 5.34. The Morgan fingerprint density at radius 2 is 2.23 bits per heavy atom. The van der Waals surface area contributed by atoms with E-state index in [-0.39, 0.29) is 12.2 Å². The number of rotatable bonds is 6. The molecule has 1 heterocycles. The zero-order valence-corrected chi connectivity index (χ0v) is 8.32. The minimum Gasteiger partial charge on any atom is -0.376 e. The van der Waals surface area contributed by atoms with E-state index in [1.165, 1.54) is 0 Å². The lowest BCUT2D eigenvalue weighted by Crippen LogP contribution is -2.19. The monoisotopic (exact) mass is 190 g/mol. The van der Waals surface area contributed by atoms with Crippen molar-refractivity contribution in [2.45, 2.75) is 26.1 Å². The molecule has 78 valence electrons. The summed E-state index contributed by atoms with van der Waals surface area (Å²) in [5.41, 5.74) is 0. The Labute approximate surface area is 79.1 Å². The predicted octanol–water partition coefficient (Wildman–Crippen LogP) is 0.801. The molecule has 0 aromatic heterocycles. The van der Waals surface area contributed by atoms with Crippen molar-refractivity contribution in [3.05, 3.63) is 0 Å². The van der Waals surface area contributed by atoms with E-state index in [0.717, 1.165) is 0 Å². The molecule has 0 spiro atoms. The maximum absolute atomic E-state index is 5.34. The van der Waals surface area contributed by atoms with Crippen LogP contribution in [0.3, 0.4) is 0 Å². The first-order valence-corrected chi connectivity index (χ1v) is 4.67. The maximum Gasteiger partial charge on any atom is 0.147 e. The van der Waals surface area contributed by atoms with E-state index in [2.05, 4.69) is 0 Å². The Morgan fingerprint density at radius 1 is 1.38 bits per heavy atom. The summed E-state index contributed by atoms with van der Waals surface area (Å²) in [6, 6.07) is 0. The number of hydrogen-bond acceptors (Lipinski definition) is 4. The molecule has 1 aliphatic heterocycles. The van der Waals surface area contributed by atoms with Gasteiger partial charge >= 0.3 is 0 Å². The lowest BCUT2D eigenvalue weighted by atomic mass is 10.4. The van der Waals surface area contributed by atoms with E-state index in [9.17, 15) is 0 Å². The summed E-state index contributed by atoms with van der Waals surface area (Å²) in [6.45, 7) is 6.92. The van der Waals surface area contributed by atoms with E-state index < -0.39 is 0 Å². The quantitative estimate of drug-likeness (QED) is 0.580. The van der Waals surface area contributed by atoms with E-state index in [1.807, 2.05) is 13.8 Å². The molecule has 0 radical (unpaired) electrons. The van der Waals surface area contributed by atoms with Crippen LogP contribution in [0, 0.1) is 0 Å². The van der Waals surface area contributed by atoms with Gasteiger partial charge in [-0.2, -0.15) is 0 Å². The molecule has 0 aliphatic carbocycles. The first-order valence-electron chi connectivity index (χ1n) is 4.67. The van der Waals surface area contributed by atoms with Crippen LogP contribution in [-0.4, -0.2) is 45.4 Å². The molecular weight excluding hydrogens is 172 g/mol. The third kappa shape index (κ3) is 5.21. The van der Waals surface area contributed by atoms with Gasteiger partial charge in [0.05, 0.1) is 32.5 Å². The second kappa shape index (κ2) is 6.32. The van der Waals surface area contributed by atoms with Crippen molar-refractivity contribution in [2.24, 2.45) is 0 Å². The van der Waals surface area contributed by atoms with Crippen LogP contribution in [0.1, 0.15) is 13.8 Å². The Hall–Kier alpha value is -0.160. The average molecular weight is 190 g/mol. The Bertz CT molecular complexity index is 121. The van der Waals surface area contributed by atoms with Crippen LogP contribution in [0.5, 0.6) is 0 Å². The summed E-state index contributed by atoms with van der Waals surface area (Å²) in [7, 11) is 0. The molecule has 1 saturated heterocycles. The van der Waals surface area contributed by atoms with Gasteiger partial charge in [-0.15, -0.1) is 0 Å². The topological polar surface area (TPSA) is 36.9 Å². The van der Waals surface area contributed by atoms with Crippen LogP contribution in [0.25, 0.3) is 0 Å². The molecule has 0 N–H and O–H groups in total. The summed E-state index contributed by atoms with van der Waals surface area (Å²) >= 11 is 0. The van der Waals surface area contributed by atoms with Crippen molar-refractivity contribution in [1.82, 2.24) is 0 Å². The summed E-state index contributed by atoms with van der Waals surface area (Å²) in [5, 5.41) is 0. The highest BCUT2D eigenvalue weighted by molar-refractivity contribution is 4.57. The van der Waals surface area contributed by atoms with Gasteiger partial charge < -0.3 is 18.9 Å². The van der Waals surface area contributed by atoms with Crippen LogP contribution in [0.15, 0.2) is 0 Å². The molecule has 1 atom stereocenters. The van der Waals surface area contributed by atoms with Gasteiger partial charge in [0.1, 0.15) is 12.9 Å². The van der Waals surface area contributed by atoms with Crippen LogP contribution < -0.4 is 0 Å². The predicted molar refractivity (Wildman–Crippen MR) is 47.6 cm³/mol. The van der Waals surface area contributed by atoms with Gasteiger partial charge in [-0.25, -0.2) is 0 Å². The third-order valence-electron chi connectivity index (χ3n) is 1.67. The zero-order chi connectivity index (χ0) is 9.52. The largest absolute Gasteiger partial charge is 0.376 e. The molecule has 1 rings (SSSR count). The number of hydrogen-bond donors (Lipinski definition) is 0. The molecule has 0 bridgehead atoms. The standard InChI is InChI=1S/C9H18O4/c1-8(2)12-4-3-10-5-9-6-11-7-13-9/h8-9H,3-7H2,1-2H3. The smallest absolute Gasteiger partial charge is 0.147 e. The van der Waals surface area contributed by atoms with Gasteiger partial charge in [0, 0.05) is 0 Å². The van der Waals surface area contributed by atoms with E-state index in [1.54, 1.807) is 0 Å². The molecule has 0 aromatic rings. The average Bonchev–Trinajstić information content (AvgIpc) is 2.55. The fourth-order valence-corrected chi connectivity index (χ4v) is 1.03. The van der Waals surface area contributed by atoms with Crippen LogP contribution in [0.4, 0.5) is 0 Å². The highest BCUT2D eigenvalue weighted by Crippen LogP contribution is 2.02. The molecule has 4 heteroatoms. The molecule has 1 fully saturated rings. The lowest BCUT2D eigenvalue weighted by Gasteiger charge is -2.10. The van der Waals surface area contributed by atoms with Crippen molar-refractivity contribution in [1.29, 1.82) is 0 Å². The van der Waals surface area contributed by atoms with Gasteiger partial charge in [-0.1, -0.05) is 0 Å². The van der Waals surface area contributed by atoms with Crippen LogP contribution in [0.2, 0.25) is 0 Å². The van der Waals surface area contributed by atoms with E-state index in [0.29, 0.717) is 33.2 Å². The second-order valence-corrected chi connectivity index (χ2v) is 3.27. The third-order valence-corrected chi connectivity index (χ3v) is 1.67. The van der Waals surface area contributed by atoms with Crippen molar-refractivity contribution in [3.8, 4) is 0 Å². The van der Waals surface area contributed by atoms with Gasteiger partial charge in [0.2, 0.25) is 0 Å². The van der Waals surface area contributed by atoms with Crippen LogP contribution >= 0.6 is 0 Å². The fourth-order valence-electron chi connectivity index (χ4n) is 1.03. The molecule has 0 saturated carbocycles. The summed E-state index contributed by atoms with van der Waals surface area (Å²) in [6.07, 6.45) is 0.383. The van der Waals surface area contributed by atoms with E-state index >= 15 is 0 Å². The minimum absolute atomic E-state index is 0.110. The van der Waals surface area contributed by atoms with Crippen LogP contribution in [-0.2, 0) is 18.9 Å². The molecular formula is C9H18O4. The normalized spacial score (nSPS) is 22.8. The lowest BCUT2D eigenvalue weighted by molar-refractivity contribution is -0.0207. The first kappa shape index (κ1) is 10.9. The zero-order valence-electron chi connectivity index (χ0n) is 8.32. The first-order chi connectivity index (χ1) is 6.29. The Morgan fingerprint density at radius 3 is 2.85 bits per heavy atom. The Kier molecular flexibility index (Phi) is 5.31. The SMILES string of the molecule is CC(C)OCCOCC1COCO1. The summed E-state index contributed by atoms with van der Waals surface area (Å²) in [4.78, 5) is 0. The minimum atomic E-state index is 0.110. The number of ether oxygens (including phenoxy) is 4. The molecule has 0 amide bonds.